The van der Waals surface area contributed by atoms with Gasteiger partial charge in [0.15, 0.2) is 0 Å². The number of primary amides is 1. The van der Waals surface area contributed by atoms with Crippen LogP contribution in [0.15, 0.2) is 0 Å². The highest BCUT2D eigenvalue weighted by atomic mass is 16.5. The van der Waals surface area contributed by atoms with E-state index < -0.39 is 5.91 Å². The highest BCUT2D eigenvalue weighted by Crippen LogP contribution is 1.97. The molecule has 0 aromatic carbocycles. The average Bonchev–Trinajstić information content (AvgIpc) is 2.25. The molecule has 0 radical (unpaired) electrons. The lowest BCUT2D eigenvalue weighted by Gasteiger charge is -2.17. The number of likely N-dealkylation sites (N-methyl/N-ethyl adjacent to an activating group) is 1. The van der Waals surface area contributed by atoms with Gasteiger partial charge >= 0.3 is 5.97 Å². The Labute approximate surface area is 101 Å². The molecule has 17 heavy (non-hydrogen) atoms. The second-order valence-electron chi connectivity index (χ2n) is 3.61. The molecule has 0 rings (SSSR count). The lowest BCUT2D eigenvalue weighted by Crippen LogP contribution is -2.37. The number of carbonyl (C=O) groups excluding carboxylic acids is 3. The van der Waals surface area contributed by atoms with Gasteiger partial charge in [0.1, 0.15) is 5.78 Å². The van der Waals surface area contributed by atoms with E-state index in [2.05, 4.69) is 0 Å². The maximum atomic E-state index is 11.5. The van der Waals surface area contributed by atoms with Crippen LogP contribution < -0.4 is 5.73 Å². The zero-order valence-corrected chi connectivity index (χ0v) is 10.4. The van der Waals surface area contributed by atoms with Gasteiger partial charge in [0, 0.05) is 6.42 Å². The minimum absolute atomic E-state index is 0.0572. The lowest BCUT2D eigenvalue weighted by atomic mass is 10.2. The van der Waals surface area contributed by atoms with Gasteiger partial charge in [-0.1, -0.05) is 6.92 Å². The first-order chi connectivity index (χ1) is 7.99. The Bertz CT molecular complexity index is 279. The predicted molar refractivity (Wildman–Crippen MR) is 62.2 cm³/mol. The van der Waals surface area contributed by atoms with Crippen molar-refractivity contribution in [2.75, 3.05) is 26.2 Å². The van der Waals surface area contributed by atoms with Crippen LogP contribution in [0.25, 0.3) is 0 Å². The van der Waals surface area contributed by atoms with Gasteiger partial charge in [-0.3, -0.25) is 19.3 Å². The van der Waals surface area contributed by atoms with Gasteiger partial charge in [0.2, 0.25) is 5.91 Å². The van der Waals surface area contributed by atoms with Crippen LogP contribution in [0.4, 0.5) is 0 Å². The van der Waals surface area contributed by atoms with Gasteiger partial charge in [-0.2, -0.15) is 0 Å². The molecule has 0 aromatic heterocycles. The summed E-state index contributed by atoms with van der Waals surface area (Å²) in [5, 5.41) is 0. The molecule has 0 saturated heterocycles. The monoisotopic (exact) mass is 244 g/mol. The molecule has 0 aliphatic carbocycles. The normalized spacial score (nSPS) is 10.3. The third-order valence-electron chi connectivity index (χ3n) is 2.14. The minimum Gasteiger partial charge on any atom is -0.466 e. The Kier molecular flexibility index (Phi) is 7.96. The van der Waals surface area contributed by atoms with Crippen molar-refractivity contribution in [3.8, 4) is 0 Å². The Balaban J connectivity index is 3.90. The van der Waals surface area contributed by atoms with Crippen molar-refractivity contribution in [1.82, 2.24) is 4.90 Å². The fourth-order valence-corrected chi connectivity index (χ4v) is 1.30. The third kappa shape index (κ3) is 8.38. The molecule has 0 atom stereocenters. The van der Waals surface area contributed by atoms with E-state index in [4.69, 9.17) is 10.5 Å². The number of rotatable bonds is 9. The summed E-state index contributed by atoms with van der Waals surface area (Å²) < 4.78 is 4.71. The number of hydrogen-bond acceptors (Lipinski definition) is 5. The third-order valence-corrected chi connectivity index (χ3v) is 2.14. The molecule has 0 fully saturated rings. The largest absolute Gasteiger partial charge is 0.466 e. The molecule has 6 nitrogen and oxygen atoms in total. The molecular weight excluding hydrogens is 224 g/mol. The predicted octanol–water partition coefficient (Wildman–Crippen LogP) is -0.294. The number of nitrogens with two attached hydrogens (primary N) is 1. The molecule has 1 amide bonds. The van der Waals surface area contributed by atoms with Crippen LogP contribution in [-0.2, 0) is 19.1 Å². The summed E-state index contributed by atoms with van der Waals surface area (Å²) in [5.41, 5.74) is 5.04. The first-order valence-corrected chi connectivity index (χ1v) is 5.67. The molecule has 0 aromatic rings. The molecule has 6 heteroatoms. The molecule has 0 aliphatic rings. The first-order valence-electron chi connectivity index (χ1n) is 5.67. The van der Waals surface area contributed by atoms with Crippen LogP contribution in [0.2, 0.25) is 0 Å². The van der Waals surface area contributed by atoms with Crippen LogP contribution >= 0.6 is 0 Å². The molecule has 0 aliphatic heterocycles. The van der Waals surface area contributed by atoms with E-state index >= 15 is 0 Å². The molecule has 0 bridgehead atoms. The van der Waals surface area contributed by atoms with E-state index in [1.165, 1.54) is 0 Å². The maximum absolute atomic E-state index is 11.5. The molecule has 2 N–H and O–H groups in total. The summed E-state index contributed by atoms with van der Waals surface area (Å²) in [7, 11) is 0. The fourth-order valence-electron chi connectivity index (χ4n) is 1.30. The summed E-state index contributed by atoms with van der Waals surface area (Å²) in [6.45, 7) is 4.62. The summed E-state index contributed by atoms with van der Waals surface area (Å²) in [4.78, 5) is 34.9. The molecule has 0 spiro atoms. The van der Waals surface area contributed by atoms with E-state index in [9.17, 15) is 14.4 Å². The van der Waals surface area contributed by atoms with Gasteiger partial charge < -0.3 is 10.5 Å². The summed E-state index contributed by atoms with van der Waals surface area (Å²) in [6, 6.07) is 0. The number of ketones is 1. The number of ether oxygens (including phenoxy) is 1. The summed E-state index contributed by atoms with van der Waals surface area (Å²) in [5.74, 6) is -0.940. The fraction of sp³-hybridized carbons (Fsp3) is 0.727. The lowest BCUT2D eigenvalue weighted by molar-refractivity contribution is -0.144. The first kappa shape index (κ1) is 15.6. The Morgan fingerprint density at radius 3 is 2.24 bits per heavy atom. The van der Waals surface area contributed by atoms with Crippen LogP contribution in [0.1, 0.15) is 26.7 Å². The van der Waals surface area contributed by atoms with E-state index in [0.29, 0.717) is 13.2 Å². The highest BCUT2D eigenvalue weighted by Gasteiger charge is 2.13. The van der Waals surface area contributed by atoms with Crippen LogP contribution in [-0.4, -0.2) is 48.8 Å². The zero-order chi connectivity index (χ0) is 13.3. The number of amides is 1. The van der Waals surface area contributed by atoms with Crippen molar-refractivity contribution in [3.05, 3.63) is 0 Å². The number of carbonyl (C=O) groups is 3. The van der Waals surface area contributed by atoms with Crippen molar-refractivity contribution in [2.45, 2.75) is 26.7 Å². The van der Waals surface area contributed by atoms with Gasteiger partial charge in [-0.15, -0.1) is 0 Å². The van der Waals surface area contributed by atoms with E-state index in [0.717, 1.165) is 0 Å². The van der Waals surface area contributed by atoms with E-state index in [1.54, 1.807) is 11.8 Å². The van der Waals surface area contributed by atoms with Gasteiger partial charge in [0.05, 0.1) is 26.1 Å². The number of nitrogens with zero attached hydrogens (tertiary/aromatic N) is 1. The highest BCUT2D eigenvalue weighted by molar-refractivity contribution is 5.85. The second-order valence-corrected chi connectivity index (χ2v) is 3.61. The number of hydrogen-bond donors (Lipinski definition) is 1. The van der Waals surface area contributed by atoms with Crippen molar-refractivity contribution in [3.63, 3.8) is 0 Å². The molecular formula is C11H20N2O4. The Hall–Kier alpha value is -1.43. The Morgan fingerprint density at radius 2 is 1.76 bits per heavy atom. The van der Waals surface area contributed by atoms with Gasteiger partial charge in [-0.25, -0.2) is 0 Å². The van der Waals surface area contributed by atoms with E-state index in [-0.39, 0.29) is 37.7 Å². The molecule has 0 saturated carbocycles. The van der Waals surface area contributed by atoms with Gasteiger partial charge in [0.25, 0.3) is 0 Å². The molecule has 0 unspecified atom stereocenters. The van der Waals surface area contributed by atoms with Crippen molar-refractivity contribution < 1.29 is 19.1 Å². The van der Waals surface area contributed by atoms with Crippen LogP contribution in [0.3, 0.4) is 0 Å². The Morgan fingerprint density at radius 1 is 1.12 bits per heavy atom. The molecule has 0 heterocycles. The van der Waals surface area contributed by atoms with Crippen LogP contribution in [0.5, 0.6) is 0 Å². The number of esters is 1. The summed E-state index contributed by atoms with van der Waals surface area (Å²) >= 11 is 0. The average molecular weight is 244 g/mol. The minimum atomic E-state index is -0.468. The van der Waals surface area contributed by atoms with Gasteiger partial charge in [-0.05, 0) is 13.5 Å². The van der Waals surface area contributed by atoms with Crippen LogP contribution in [0, 0.1) is 0 Å². The standard InChI is InChI=1S/C11H20N2O4/c1-3-13(8-10(12)15)7-9(14)5-6-11(16)17-4-2/h3-8H2,1-2H3,(H2,12,15). The number of Topliss-reactive ketones (excluding diaryl/α,β-unsaturated/α-hetero) is 1. The SMILES string of the molecule is CCOC(=O)CCC(=O)CN(CC)CC(N)=O. The summed E-state index contributed by atoms with van der Waals surface area (Å²) in [6.07, 6.45) is 0.217. The maximum Gasteiger partial charge on any atom is 0.306 e. The molecule has 98 valence electrons. The van der Waals surface area contributed by atoms with Crippen molar-refractivity contribution in [1.29, 1.82) is 0 Å². The quantitative estimate of drug-likeness (QED) is 0.563. The van der Waals surface area contributed by atoms with E-state index in [1.807, 2.05) is 6.92 Å². The van der Waals surface area contributed by atoms with Crippen molar-refractivity contribution >= 4 is 17.7 Å². The topological polar surface area (TPSA) is 89.7 Å². The van der Waals surface area contributed by atoms with Crippen molar-refractivity contribution in [2.24, 2.45) is 5.73 Å². The smallest absolute Gasteiger partial charge is 0.306 e. The second kappa shape index (κ2) is 8.69. The zero-order valence-electron chi connectivity index (χ0n) is 10.4.